The number of alkyl halides is 2. The summed E-state index contributed by atoms with van der Waals surface area (Å²) in [4.78, 5) is 10.4. The van der Waals surface area contributed by atoms with Crippen molar-refractivity contribution in [2.24, 2.45) is 5.18 Å². The van der Waals surface area contributed by atoms with Crippen molar-refractivity contribution >= 4 is 23.2 Å². The minimum absolute atomic E-state index is 0.468. The Morgan fingerprint density at radius 3 is 2.65 bits per heavy atom. The van der Waals surface area contributed by atoms with Gasteiger partial charge in [0.25, 0.3) is 0 Å². The average Bonchev–Trinajstić information content (AvgIpc) is 2.28. The van der Waals surface area contributed by atoms with E-state index in [0.717, 1.165) is 37.7 Å². The van der Waals surface area contributed by atoms with Crippen molar-refractivity contribution in [1.82, 2.24) is 0 Å². The first-order valence-corrected chi connectivity index (χ1v) is 7.00. The highest BCUT2D eigenvalue weighted by Crippen LogP contribution is 2.37. The third-order valence-electron chi connectivity index (χ3n) is 3.16. The topological polar surface area (TPSA) is 29.4 Å². The van der Waals surface area contributed by atoms with Gasteiger partial charge >= 0.3 is 0 Å². The summed E-state index contributed by atoms with van der Waals surface area (Å²) in [6, 6.07) is 0. The van der Waals surface area contributed by atoms with E-state index in [-0.39, 0.29) is 0 Å². The maximum Gasteiger partial charge on any atom is 0.111 e. The first-order valence-electron chi connectivity index (χ1n) is 6.12. The van der Waals surface area contributed by atoms with Crippen molar-refractivity contribution in [3.63, 3.8) is 0 Å². The third kappa shape index (κ3) is 4.11. The predicted molar refractivity (Wildman–Crippen MR) is 74.4 cm³/mol. The van der Waals surface area contributed by atoms with E-state index in [1.54, 1.807) is 0 Å². The van der Waals surface area contributed by atoms with E-state index in [1.165, 1.54) is 11.1 Å². The lowest BCUT2D eigenvalue weighted by Gasteiger charge is -2.22. The van der Waals surface area contributed by atoms with E-state index >= 15 is 0 Å². The summed E-state index contributed by atoms with van der Waals surface area (Å²) in [6.07, 6.45) is 5.46. The van der Waals surface area contributed by atoms with Crippen LogP contribution in [-0.2, 0) is 0 Å². The van der Waals surface area contributed by atoms with Crippen LogP contribution < -0.4 is 0 Å². The highest BCUT2D eigenvalue weighted by Gasteiger charge is 2.21. The maximum atomic E-state index is 10.9. The number of nitroso groups, excluding NO2 is 1. The molecule has 0 saturated heterocycles. The van der Waals surface area contributed by atoms with Crippen LogP contribution in [0.3, 0.4) is 0 Å². The number of hydrogen-bond acceptors (Lipinski definition) is 2. The van der Waals surface area contributed by atoms with Gasteiger partial charge in [0.2, 0.25) is 0 Å². The lowest BCUT2D eigenvalue weighted by molar-refractivity contribution is 0.719. The van der Waals surface area contributed by atoms with E-state index in [9.17, 15) is 4.91 Å². The van der Waals surface area contributed by atoms with Gasteiger partial charge in [-0.3, -0.25) is 0 Å². The molecule has 1 rings (SSSR count). The molecule has 0 aromatic carbocycles. The number of allylic oxidation sites excluding steroid dienone is 4. The minimum Gasteiger partial charge on any atom is -0.145 e. The Kier molecular flexibility index (Phi) is 6.21. The van der Waals surface area contributed by atoms with E-state index in [1.807, 2.05) is 0 Å². The van der Waals surface area contributed by atoms with Gasteiger partial charge in [-0.05, 0) is 48.9 Å². The quantitative estimate of drug-likeness (QED) is 0.481. The fraction of sp³-hybridized carbons (Fsp3) is 0.692. The zero-order valence-electron chi connectivity index (χ0n) is 10.4. The van der Waals surface area contributed by atoms with Crippen LogP contribution in [0.2, 0.25) is 0 Å². The number of hydrogen-bond donors (Lipinski definition) is 0. The largest absolute Gasteiger partial charge is 0.145 e. The molecule has 17 heavy (non-hydrogen) atoms. The lowest BCUT2D eigenvalue weighted by Crippen LogP contribution is -2.07. The SMILES string of the molecule is CCC/C(C)=C1\CCCC(N=O)=C1CC(Cl)Cl. The second-order valence-corrected chi connectivity index (χ2v) is 5.75. The van der Waals surface area contributed by atoms with Gasteiger partial charge in [0.05, 0.1) is 5.70 Å². The van der Waals surface area contributed by atoms with E-state index in [4.69, 9.17) is 23.2 Å². The molecule has 0 atom stereocenters. The summed E-state index contributed by atoms with van der Waals surface area (Å²) in [6.45, 7) is 4.28. The van der Waals surface area contributed by atoms with Crippen LogP contribution in [0.25, 0.3) is 0 Å². The Bertz CT molecular complexity index is 345. The van der Waals surface area contributed by atoms with Gasteiger partial charge in [-0.1, -0.05) is 18.9 Å². The van der Waals surface area contributed by atoms with Crippen LogP contribution in [0.1, 0.15) is 52.4 Å². The number of rotatable bonds is 5. The molecule has 2 nitrogen and oxygen atoms in total. The molecule has 96 valence electrons. The highest BCUT2D eigenvalue weighted by molar-refractivity contribution is 6.44. The summed E-state index contributed by atoms with van der Waals surface area (Å²) < 4.78 is 0. The second kappa shape index (κ2) is 7.17. The monoisotopic (exact) mass is 275 g/mol. The molecule has 0 aliphatic heterocycles. The zero-order valence-corrected chi connectivity index (χ0v) is 11.9. The molecular weight excluding hydrogens is 257 g/mol. The summed E-state index contributed by atoms with van der Waals surface area (Å²) in [5.41, 5.74) is 4.25. The van der Waals surface area contributed by atoms with Crippen molar-refractivity contribution in [2.75, 3.05) is 0 Å². The Balaban J connectivity index is 3.10. The lowest BCUT2D eigenvalue weighted by atomic mass is 9.85. The smallest absolute Gasteiger partial charge is 0.111 e. The van der Waals surface area contributed by atoms with E-state index in [2.05, 4.69) is 19.0 Å². The first kappa shape index (κ1) is 14.7. The van der Waals surface area contributed by atoms with Crippen molar-refractivity contribution in [2.45, 2.75) is 57.2 Å². The van der Waals surface area contributed by atoms with Crippen LogP contribution in [0.15, 0.2) is 27.6 Å². The van der Waals surface area contributed by atoms with Gasteiger partial charge in [-0.15, -0.1) is 28.1 Å². The third-order valence-corrected chi connectivity index (χ3v) is 3.47. The van der Waals surface area contributed by atoms with Crippen molar-refractivity contribution in [3.8, 4) is 0 Å². The minimum atomic E-state index is -0.468. The molecular formula is C13H19Cl2NO. The van der Waals surface area contributed by atoms with Gasteiger partial charge in [-0.25, -0.2) is 0 Å². The van der Waals surface area contributed by atoms with Gasteiger partial charge in [0, 0.05) is 6.42 Å². The van der Waals surface area contributed by atoms with E-state index in [0.29, 0.717) is 12.1 Å². The molecule has 4 heteroatoms. The molecule has 0 N–H and O–H groups in total. The van der Waals surface area contributed by atoms with Crippen LogP contribution in [0.4, 0.5) is 0 Å². The Labute approximate surface area is 113 Å². The summed E-state index contributed by atoms with van der Waals surface area (Å²) in [7, 11) is 0. The van der Waals surface area contributed by atoms with Gasteiger partial charge < -0.3 is 0 Å². The van der Waals surface area contributed by atoms with Crippen LogP contribution >= 0.6 is 23.2 Å². The molecule has 0 radical (unpaired) electrons. The molecule has 0 amide bonds. The molecule has 0 heterocycles. The molecule has 0 unspecified atom stereocenters. The molecule has 0 aromatic heterocycles. The maximum absolute atomic E-state index is 10.9. The predicted octanol–water partition coefficient (Wildman–Crippen LogP) is 5.50. The molecule has 0 fully saturated rings. The summed E-state index contributed by atoms with van der Waals surface area (Å²) in [5.74, 6) is 0. The average molecular weight is 276 g/mol. The molecule has 0 bridgehead atoms. The van der Waals surface area contributed by atoms with Crippen LogP contribution in [0, 0.1) is 4.91 Å². The van der Waals surface area contributed by atoms with Gasteiger partial charge in [0.15, 0.2) is 0 Å². The van der Waals surface area contributed by atoms with Crippen LogP contribution in [0.5, 0.6) is 0 Å². The normalized spacial score (nSPS) is 19.8. The van der Waals surface area contributed by atoms with Gasteiger partial charge in [0.1, 0.15) is 4.84 Å². The first-order chi connectivity index (χ1) is 8.10. The summed E-state index contributed by atoms with van der Waals surface area (Å²) in [5, 5.41) is 3.15. The van der Waals surface area contributed by atoms with Gasteiger partial charge in [-0.2, -0.15) is 0 Å². The molecule has 0 saturated carbocycles. The Morgan fingerprint density at radius 1 is 1.41 bits per heavy atom. The van der Waals surface area contributed by atoms with Crippen molar-refractivity contribution in [3.05, 3.63) is 27.3 Å². The number of nitrogens with zero attached hydrogens (tertiary/aromatic N) is 1. The molecule has 1 aliphatic rings. The standard InChI is InChI=1S/C13H19Cl2NO/c1-3-5-9(2)10-6-4-7-12(16-17)11(10)8-13(14)15/h13H,3-8H2,1-2H3/b10-9+. The molecule has 1 aliphatic carbocycles. The van der Waals surface area contributed by atoms with E-state index < -0.39 is 4.84 Å². The molecule has 0 spiro atoms. The molecule has 0 aromatic rings. The van der Waals surface area contributed by atoms with Crippen molar-refractivity contribution in [1.29, 1.82) is 0 Å². The Hall–Kier alpha value is -0.340. The Morgan fingerprint density at radius 2 is 2.12 bits per heavy atom. The van der Waals surface area contributed by atoms with Crippen LogP contribution in [-0.4, -0.2) is 4.84 Å². The number of halogens is 2. The fourth-order valence-corrected chi connectivity index (χ4v) is 2.71. The zero-order chi connectivity index (χ0) is 12.8. The fourth-order valence-electron chi connectivity index (χ4n) is 2.40. The van der Waals surface area contributed by atoms with Crippen molar-refractivity contribution < 1.29 is 0 Å². The summed E-state index contributed by atoms with van der Waals surface area (Å²) >= 11 is 11.7. The second-order valence-electron chi connectivity index (χ2n) is 4.47. The highest BCUT2D eigenvalue weighted by atomic mass is 35.5.